The lowest BCUT2D eigenvalue weighted by molar-refractivity contribution is -0.122. The number of methoxy groups -OCH3 is 4. The largest absolute Gasteiger partial charge is 0.485 e. The highest BCUT2D eigenvalue weighted by Gasteiger charge is 2.34. The van der Waals surface area contributed by atoms with Crippen LogP contribution in [0.2, 0.25) is 0 Å². The van der Waals surface area contributed by atoms with Crippen LogP contribution >= 0.6 is 0 Å². The van der Waals surface area contributed by atoms with Crippen molar-refractivity contribution in [1.29, 1.82) is 0 Å². The van der Waals surface area contributed by atoms with E-state index >= 15 is 8.78 Å². The molecule has 0 aliphatic carbocycles. The lowest BCUT2D eigenvalue weighted by atomic mass is 9.80. The van der Waals surface area contributed by atoms with E-state index in [2.05, 4.69) is 0 Å². The highest BCUT2D eigenvalue weighted by molar-refractivity contribution is 5.90. The second-order valence-corrected chi connectivity index (χ2v) is 8.49. The second-order valence-electron chi connectivity index (χ2n) is 8.49. The first-order valence-corrected chi connectivity index (χ1v) is 11.8. The Kier molecular flexibility index (Phi) is 8.97. The minimum atomic E-state index is -1.18. The van der Waals surface area contributed by atoms with Gasteiger partial charge >= 0.3 is 5.97 Å². The summed E-state index contributed by atoms with van der Waals surface area (Å²) in [4.78, 5) is 12.1. The number of benzene rings is 3. The quantitative estimate of drug-likeness (QED) is 0.248. The predicted octanol–water partition coefficient (Wildman–Crippen LogP) is 4.94. The van der Waals surface area contributed by atoms with Gasteiger partial charge in [0.1, 0.15) is 24.7 Å². The number of carboxylic acid groups (broad SMARTS) is 1. The number of ether oxygens (including phenoxy) is 7. The van der Waals surface area contributed by atoms with Gasteiger partial charge in [0.15, 0.2) is 35.7 Å². The fourth-order valence-electron chi connectivity index (χ4n) is 4.29. The Hall–Kier alpha value is -3.77. The van der Waals surface area contributed by atoms with Gasteiger partial charge < -0.3 is 38.3 Å². The summed E-state index contributed by atoms with van der Waals surface area (Å²) < 4.78 is 68.0. The number of hydrogen-bond donors (Lipinski definition) is 1. The Balaban J connectivity index is 1.82. The molecule has 9 nitrogen and oxygen atoms in total. The Morgan fingerprint density at radius 1 is 0.795 bits per heavy atom. The van der Waals surface area contributed by atoms with Crippen LogP contribution in [0.1, 0.15) is 33.0 Å². The van der Waals surface area contributed by atoms with Crippen molar-refractivity contribution < 1.29 is 51.8 Å². The molecule has 1 aliphatic heterocycles. The van der Waals surface area contributed by atoms with Gasteiger partial charge in [0.25, 0.3) is 0 Å². The number of hydrogen-bond acceptors (Lipinski definition) is 8. The zero-order valence-corrected chi connectivity index (χ0v) is 21.7. The third-order valence-electron chi connectivity index (χ3n) is 6.27. The molecule has 1 aliphatic rings. The molecule has 0 unspecified atom stereocenters. The average Bonchev–Trinajstić information content (AvgIpc) is 2.93. The molecule has 1 heterocycles. The van der Waals surface area contributed by atoms with Crippen molar-refractivity contribution in [2.75, 3.05) is 41.7 Å². The van der Waals surface area contributed by atoms with Gasteiger partial charge in [-0.25, -0.2) is 13.6 Å². The molecule has 4 rings (SSSR count). The summed E-state index contributed by atoms with van der Waals surface area (Å²) in [5, 5.41) is 9.86. The fourth-order valence-corrected chi connectivity index (χ4v) is 4.29. The van der Waals surface area contributed by atoms with Gasteiger partial charge in [0.05, 0.1) is 5.56 Å². The van der Waals surface area contributed by atoms with Crippen molar-refractivity contribution >= 4 is 5.97 Å². The smallest absolute Gasteiger partial charge is 0.335 e. The van der Waals surface area contributed by atoms with Crippen molar-refractivity contribution in [2.24, 2.45) is 0 Å². The van der Waals surface area contributed by atoms with Gasteiger partial charge in [-0.1, -0.05) is 18.2 Å². The highest BCUT2D eigenvalue weighted by Crippen LogP contribution is 2.51. The first-order valence-electron chi connectivity index (χ1n) is 11.8. The number of carbonyl (C=O) groups is 1. The van der Waals surface area contributed by atoms with E-state index in [1.807, 2.05) is 0 Å². The molecular formula is C28H28F2O9. The van der Waals surface area contributed by atoms with Crippen LogP contribution < -0.4 is 14.2 Å². The van der Waals surface area contributed by atoms with Crippen LogP contribution in [0, 0.1) is 11.6 Å². The van der Waals surface area contributed by atoms with Crippen LogP contribution in [-0.2, 0) is 18.9 Å². The minimum absolute atomic E-state index is 0.0196. The molecule has 0 bridgehead atoms. The Bertz CT molecular complexity index is 1250. The summed E-state index contributed by atoms with van der Waals surface area (Å²) in [6.45, 7) is -0.206. The summed E-state index contributed by atoms with van der Waals surface area (Å²) in [5.74, 6) is -3.40. The molecule has 0 amide bonds. The van der Waals surface area contributed by atoms with E-state index in [1.54, 1.807) is 18.2 Å². The van der Waals surface area contributed by atoms with E-state index in [4.69, 9.17) is 33.2 Å². The van der Waals surface area contributed by atoms with Gasteiger partial charge in [-0.2, -0.15) is 0 Å². The monoisotopic (exact) mass is 546 g/mol. The molecule has 208 valence electrons. The van der Waals surface area contributed by atoms with Crippen molar-refractivity contribution in [3.63, 3.8) is 0 Å². The Morgan fingerprint density at radius 2 is 1.26 bits per heavy atom. The Labute approximate surface area is 223 Å². The average molecular weight is 547 g/mol. The maximum Gasteiger partial charge on any atom is 0.335 e. The van der Waals surface area contributed by atoms with E-state index in [0.29, 0.717) is 16.7 Å². The molecule has 3 aromatic carbocycles. The van der Waals surface area contributed by atoms with Gasteiger partial charge in [0, 0.05) is 57.6 Å². The maximum absolute atomic E-state index is 15.3. The number of aromatic carboxylic acids is 1. The van der Waals surface area contributed by atoms with Crippen molar-refractivity contribution in [2.45, 2.75) is 18.5 Å². The minimum Gasteiger partial charge on any atom is -0.485 e. The van der Waals surface area contributed by atoms with Crippen LogP contribution in [0.15, 0.2) is 48.5 Å². The highest BCUT2D eigenvalue weighted by atomic mass is 19.1. The first-order chi connectivity index (χ1) is 18.8. The third-order valence-corrected chi connectivity index (χ3v) is 6.27. The molecule has 0 aromatic heterocycles. The summed E-state index contributed by atoms with van der Waals surface area (Å²) in [6, 6.07) is 11.3. The summed E-state index contributed by atoms with van der Waals surface area (Å²) in [7, 11) is 5.69. The van der Waals surface area contributed by atoms with Crippen LogP contribution in [-0.4, -0.2) is 65.3 Å². The zero-order chi connectivity index (χ0) is 28.1. The standard InChI is InChI=1S/C28H28F2O9/c1-33-25(34-2)13-37-23-11-21-17(9-19(23)29)27(15-7-5-6-8-16(15)28(31)32)18-10-20(30)24(12-22(18)39-21)38-14-26(35-3)36-4/h5-12,25-27H,13-14H2,1-4H3,(H,31,32). The molecule has 11 heteroatoms. The van der Waals surface area contributed by atoms with Crippen LogP contribution in [0.25, 0.3) is 0 Å². The van der Waals surface area contributed by atoms with Gasteiger partial charge in [-0.05, 0) is 23.8 Å². The molecule has 3 aromatic rings. The van der Waals surface area contributed by atoms with Crippen LogP contribution in [0.4, 0.5) is 8.78 Å². The van der Waals surface area contributed by atoms with Crippen molar-refractivity contribution in [3.8, 4) is 23.0 Å². The van der Waals surface area contributed by atoms with Crippen molar-refractivity contribution in [1.82, 2.24) is 0 Å². The number of fused-ring (bicyclic) bond motifs is 2. The van der Waals surface area contributed by atoms with E-state index in [9.17, 15) is 9.90 Å². The van der Waals surface area contributed by atoms with E-state index in [1.165, 1.54) is 58.8 Å². The molecule has 0 radical (unpaired) electrons. The summed E-state index contributed by atoms with van der Waals surface area (Å²) in [6.07, 6.45) is -1.47. The normalized spacial score (nSPS) is 12.7. The fraction of sp³-hybridized carbons (Fsp3) is 0.321. The SMILES string of the molecule is COC(COc1cc2c(cc1F)C(c1ccccc1C(=O)O)c1cc(F)c(OCC(OC)OC)cc1O2)OC. The molecule has 0 saturated carbocycles. The lowest BCUT2D eigenvalue weighted by Gasteiger charge is -2.30. The van der Waals surface area contributed by atoms with E-state index in [-0.39, 0.29) is 41.8 Å². The van der Waals surface area contributed by atoms with E-state index in [0.717, 1.165) is 0 Å². The molecule has 0 atom stereocenters. The van der Waals surface area contributed by atoms with Gasteiger partial charge in [-0.15, -0.1) is 0 Å². The van der Waals surface area contributed by atoms with Gasteiger partial charge in [-0.3, -0.25) is 0 Å². The zero-order valence-electron chi connectivity index (χ0n) is 21.7. The maximum atomic E-state index is 15.3. The summed E-state index contributed by atoms with van der Waals surface area (Å²) >= 11 is 0. The lowest BCUT2D eigenvalue weighted by Crippen LogP contribution is -2.23. The predicted molar refractivity (Wildman–Crippen MR) is 134 cm³/mol. The van der Waals surface area contributed by atoms with Crippen molar-refractivity contribution in [3.05, 3.63) is 82.4 Å². The van der Waals surface area contributed by atoms with Gasteiger partial charge in [0.2, 0.25) is 0 Å². The molecule has 0 saturated heterocycles. The Morgan fingerprint density at radius 3 is 1.69 bits per heavy atom. The van der Waals surface area contributed by atoms with E-state index < -0.39 is 36.1 Å². The topological polar surface area (TPSA) is 102 Å². The molecule has 0 fully saturated rings. The molecule has 1 N–H and O–H groups in total. The molecule has 39 heavy (non-hydrogen) atoms. The first kappa shape index (κ1) is 28.2. The molecule has 0 spiro atoms. The number of rotatable bonds is 12. The van der Waals surface area contributed by atoms with Crippen LogP contribution in [0.5, 0.6) is 23.0 Å². The summed E-state index contributed by atoms with van der Waals surface area (Å²) in [5.41, 5.74) is 0.898. The number of halogens is 2. The molecular weight excluding hydrogens is 518 g/mol. The number of carboxylic acids is 1. The van der Waals surface area contributed by atoms with Crippen LogP contribution in [0.3, 0.4) is 0 Å². The third kappa shape index (κ3) is 5.96. The second kappa shape index (κ2) is 12.4.